The Morgan fingerprint density at radius 1 is 1.21 bits per heavy atom. The molecule has 1 N–H and O–H groups in total. The fourth-order valence-electron chi connectivity index (χ4n) is 2.13. The Labute approximate surface area is 119 Å². The van der Waals surface area contributed by atoms with Gasteiger partial charge in [0.25, 0.3) is 0 Å². The van der Waals surface area contributed by atoms with Crippen molar-refractivity contribution in [2.75, 3.05) is 49.3 Å². The zero-order chi connectivity index (χ0) is 13.7. The maximum Gasteiger partial charge on any atom is 0.225 e. The van der Waals surface area contributed by atoms with Crippen LogP contribution in [0.15, 0.2) is 24.3 Å². The van der Waals surface area contributed by atoms with E-state index in [1.54, 1.807) is 0 Å². The Kier molecular flexibility index (Phi) is 5.05. The lowest BCUT2D eigenvalue weighted by Gasteiger charge is -2.34. The number of benzene rings is 1. The summed E-state index contributed by atoms with van der Waals surface area (Å²) < 4.78 is 0. The predicted molar refractivity (Wildman–Crippen MR) is 80.1 cm³/mol. The summed E-state index contributed by atoms with van der Waals surface area (Å²) >= 11 is 5.53. The van der Waals surface area contributed by atoms with Crippen LogP contribution < -0.4 is 10.2 Å². The van der Waals surface area contributed by atoms with Crippen LogP contribution in [0.25, 0.3) is 0 Å². The van der Waals surface area contributed by atoms with Crippen molar-refractivity contribution in [3.8, 4) is 0 Å². The van der Waals surface area contributed by atoms with Gasteiger partial charge in [0, 0.05) is 49.9 Å². The molecule has 4 nitrogen and oxygen atoms in total. The number of piperazine rings is 1. The Hall–Kier alpha value is -1.26. The molecule has 0 spiro atoms. The predicted octanol–water partition coefficient (Wildman–Crippen LogP) is 2.01. The number of hydrogen-bond donors (Lipinski definition) is 1. The molecule has 0 radical (unpaired) electrons. The SMILES string of the molecule is CN1CCN(c2ccc(NC(=O)CCCl)cc2)CC1. The first-order chi connectivity index (χ1) is 9.19. The zero-order valence-electron chi connectivity index (χ0n) is 11.2. The average molecular weight is 282 g/mol. The third-order valence-corrected chi connectivity index (χ3v) is 3.53. The number of halogens is 1. The van der Waals surface area contributed by atoms with E-state index in [4.69, 9.17) is 11.6 Å². The molecule has 0 aliphatic carbocycles. The Morgan fingerprint density at radius 2 is 1.84 bits per heavy atom. The van der Waals surface area contributed by atoms with Crippen molar-refractivity contribution in [2.24, 2.45) is 0 Å². The molecule has 1 aliphatic heterocycles. The minimum absolute atomic E-state index is 0.0395. The van der Waals surface area contributed by atoms with Crippen LogP contribution in [0.4, 0.5) is 11.4 Å². The van der Waals surface area contributed by atoms with E-state index in [1.807, 2.05) is 12.1 Å². The van der Waals surface area contributed by atoms with Crippen molar-refractivity contribution in [1.29, 1.82) is 0 Å². The molecular weight excluding hydrogens is 262 g/mol. The van der Waals surface area contributed by atoms with Crippen LogP contribution >= 0.6 is 11.6 Å². The average Bonchev–Trinajstić information content (AvgIpc) is 2.41. The fourth-order valence-corrected chi connectivity index (χ4v) is 2.30. The highest BCUT2D eigenvalue weighted by Crippen LogP contribution is 2.19. The standard InChI is InChI=1S/C14H20ClN3O/c1-17-8-10-18(11-9-17)13-4-2-12(3-5-13)16-14(19)6-7-15/h2-5H,6-11H2,1H3,(H,16,19). The van der Waals surface area contributed by atoms with Gasteiger partial charge in [-0.25, -0.2) is 0 Å². The van der Waals surface area contributed by atoms with Gasteiger partial charge in [-0.1, -0.05) is 0 Å². The van der Waals surface area contributed by atoms with Crippen LogP contribution in [0.5, 0.6) is 0 Å². The van der Waals surface area contributed by atoms with Crippen LogP contribution in [-0.4, -0.2) is 49.9 Å². The van der Waals surface area contributed by atoms with E-state index in [2.05, 4.69) is 34.3 Å². The van der Waals surface area contributed by atoms with E-state index in [0.717, 1.165) is 31.9 Å². The van der Waals surface area contributed by atoms with E-state index in [-0.39, 0.29) is 5.91 Å². The van der Waals surface area contributed by atoms with Crippen molar-refractivity contribution >= 4 is 28.9 Å². The number of rotatable bonds is 4. The Morgan fingerprint density at radius 3 is 2.42 bits per heavy atom. The summed E-state index contributed by atoms with van der Waals surface area (Å²) in [6, 6.07) is 8.00. The molecule has 1 aliphatic rings. The number of likely N-dealkylation sites (N-methyl/N-ethyl adjacent to an activating group) is 1. The van der Waals surface area contributed by atoms with Crippen molar-refractivity contribution in [2.45, 2.75) is 6.42 Å². The van der Waals surface area contributed by atoms with Crippen molar-refractivity contribution < 1.29 is 4.79 Å². The summed E-state index contributed by atoms with van der Waals surface area (Å²) in [6.45, 7) is 4.28. The maximum atomic E-state index is 11.4. The molecule has 0 saturated carbocycles. The van der Waals surface area contributed by atoms with Crippen LogP contribution in [0.1, 0.15) is 6.42 Å². The van der Waals surface area contributed by atoms with Crippen molar-refractivity contribution in [1.82, 2.24) is 4.90 Å². The molecule has 1 aromatic carbocycles. The summed E-state index contributed by atoms with van der Waals surface area (Å²) in [5.41, 5.74) is 2.04. The first kappa shape index (κ1) is 14.2. The van der Waals surface area contributed by atoms with Gasteiger partial charge >= 0.3 is 0 Å². The number of amides is 1. The quantitative estimate of drug-likeness (QED) is 0.858. The molecule has 0 unspecified atom stereocenters. The van der Waals surface area contributed by atoms with E-state index in [0.29, 0.717) is 12.3 Å². The normalized spacial score (nSPS) is 16.4. The third kappa shape index (κ3) is 4.11. The third-order valence-electron chi connectivity index (χ3n) is 3.34. The maximum absolute atomic E-state index is 11.4. The van der Waals surface area contributed by atoms with Crippen molar-refractivity contribution in [3.63, 3.8) is 0 Å². The monoisotopic (exact) mass is 281 g/mol. The smallest absolute Gasteiger partial charge is 0.225 e. The van der Waals surface area contributed by atoms with Gasteiger partial charge in [0.05, 0.1) is 0 Å². The number of carbonyl (C=O) groups is 1. The van der Waals surface area contributed by atoms with E-state index >= 15 is 0 Å². The summed E-state index contributed by atoms with van der Waals surface area (Å²) in [4.78, 5) is 16.1. The van der Waals surface area contributed by atoms with Crippen LogP contribution in [0.3, 0.4) is 0 Å². The second kappa shape index (κ2) is 6.78. The molecule has 0 bridgehead atoms. The van der Waals surface area contributed by atoms with Gasteiger partial charge in [-0.15, -0.1) is 11.6 Å². The molecule has 104 valence electrons. The molecule has 0 aromatic heterocycles. The van der Waals surface area contributed by atoms with Gasteiger partial charge in [-0.05, 0) is 31.3 Å². The van der Waals surface area contributed by atoms with Crippen molar-refractivity contribution in [3.05, 3.63) is 24.3 Å². The zero-order valence-corrected chi connectivity index (χ0v) is 12.0. The van der Waals surface area contributed by atoms with Gasteiger partial charge in [-0.2, -0.15) is 0 Å². The van der Waals surface area contributed by atoms with Gasteiger partial charge in [0.1, 0.15) is 0 Å². The molecule has 1 fully saturated rings. The highest BCUT2D eigenvalue weighted by molar-refractivity contribution is 6.19. The number of nitrogens with zero attached hydrogens (tertiary/aromatic N) is 2. The molecule has 0 atom stereocenters. The number of nitrogens with one attached hydrogen (secondary N) is 1. The molecule has 2 rings (SSSR count). The summed E-state index contributed by atoms with van der Waals surface area (Å²) in [6.07, 6.45) is 0.349. The second-order valence-corrected chi connectivity index (χ2v) is 5.20. The lowest BCUT2D eigenvalue weighted by Crippen LogP contribution is -2.44. The molecule has 1 aromatic rings. The van der Waals surface area contributed by atoms with E-state index in [9.17, 15) is 4.79 Å². The first-order valence-electron chi connectivity index (χ1n) is 6.58. The summed E-state index contributed by atoms with van der Waals surface area (Å²) in [7, 11) is 2.15. The minimum atomic E-state index is -0.0395. The number of alkyl halides is 1. The van der Waals surface area contributed by atoms with Crippen LogP contribution in [-0.2, 0) is 4.79 Å². The number of anilines is 2. The van der Waals surface area contributed by atoms with Gasteiger partial charge < -0.3 is 15.1 Å². The molecule has 1 heterocycles. The fraction of sp³-hybridized carbons (Fsp3) is 0.500. The molecule has 1 saturated heterocycles. The number of carbonyl (C=O) groups excluding carboxylic acids is 1. The number of hydrogen-bond acceptors (Lipinski definition) is 3. The lowest BCUT2D eigenvalue weighted by molar-refractivity contribution is -0.115. The van der Waals surface area contributed by atoms with E-state index in [1.165, 1.54) is 5.69 Å². The molecular formula is C14H20ClN3O. The molecule has 19 heavy (non-hydrogen) atoms. The topological polar surface area (TPSA) is 35.6 Å². The highest BCUT2D eigenvalue weighted by Gasteiger charge is 2.13. The lowest BCUT2D eigenvalue weighted by atomic mass is 10.2. The summed E-state index contributed by atoms with van der Waals surface area (Å²) in [5.74, 6) is 0.313. The van der Waals surface area contributed by atoms with Crippen LogP contribution in [0.2, 0.25) is 0 Å². The van der Waals surface area contributed by atoms with Gasteiger partial charge in [-0.3, -0.25) is 4.79 Å². The Balaban J connectivity index is 1.92. The minimum Gasteiger partial charge on any atom is -0.369 e. The van der Waals surface area contributed by atoms with Crippen LogP contribution in [0, 0.1) is 0 Å². The second-order valence-electron chi connectivity index (χ2n) is 4.82. The first-order valence-corrected chi connectivity index (χ1v) is 7.12. The molecule has 5 heteroatoms. The van der Waals surface area contributed by atoms with Gasteiger partial charge in [0.15, 0.2) is 0 Å². The Bertz CT molecular complexity index is 413. The molecule has 1 amide bonds. The highest BCUT2D eigenvalue weighted by atomic mass is 35.5. The van der Waals surface area contributed by atoms with E-state index < -0.39 is 0 Å². The largest absolute Gasteiger partial charge is 0.369 e. The summed E-state index contributed by atoms with van der Waals surface area (Å²) in [5, 5.41) is 2.83. The van der Waals surface area contributed by atoms with Gasteiger partial charge in [0.2, 0.25) is 5.91 Å².